The first-order valence-corrected chi connectivity index (χ1v) is 10.7. The number of rotatable bonds is 4. The third-order valence-corrected chi connectivity index (χ3v) is 6.55. The average molecular weight is 394 g/mol. The van der Waals surface area contributed by atoms with Gasteiger partial charge in [0.15, 0.2) is 0 Å². The highest BCUT2D eigenvalue weighted by molar-refractivity contribution is 5.94. The normalized spacial score (nSPS) is 22.5. The molecule has 2 aromatic rings. The van der Waals surface area contributed by atoms with E-state index >= 15 is 0 Å². The highest BCUT2D eigenvalue weighted by atomic mass is 16.2. The summed E-state index contributed by atoms with van der Waals surface area (Å²) in [7, 11) is 0. The molecule has 0 unspecified atom stereocenters. The van der Waals surface area contributed by atoms with Gasteiger partial charge in [-0.25, -0.2) is 0 Å². The molecule has 0 saturated carbocycles. The first kappa shape index (κ1) is 19.9. The molecule has 2 fully saturated rings. The molecule has 29 heavy (non-hydrogen) atoms. The van der Waals surface area contributed by atoms with Gasteiger partial charge < -0.3 is 9.88 Å². The molecule has 154 valence electrons. The fraction of sp³-hybridized carbons (Fsp3) is 0.500. The zero-order valence-corrected chi connectivity index (χ0v) is 17.5. The molecule has 5 nitrogen and oxygen atoms in total. The van der Waals surface area contributed by atoms with Crippen molar-refractivity contribution in [2.75, 3.05) is 26.2 Å². The van der Waals surface area contributed by atoms with Gasteiger partial charge in [-0.2, -0.15) is 0 Å². The smallest absolute Gasteiger partial charge is 0.255 e. The summed E-state index contributed by atoms with van der Waals surface area (Å²) >= 11 is 0. The van der Waals surface area contributed by atoms with E-state index in [0.717, 1.165) is 39.1 Å². The second-order valence-corrected chi connectivity index (χ2v) is 9.13. The summed E-state index contributed by atoms with van der Waals surface area (Å²) in [6.07, 6.45) is 4.96. The molecule has 5 heteroatoms. The molecule has 0 bridgehead atoms. The zero-order valence-electron chi connectivity index (χ0n) is 17.5. The minimum Gasteiger partial charge on any atom is -0.338 e. The number of benzene rings is 1. The Morgan fingerprint density at radius 2 is 1.86 bits per heavy atom. The number of aromatic nitrogens is 1. The molecule has 1 atom stereocenters. The van der Waals surface area contributed by atoms with E-state index in [0.29, 0.717) is 11.5 Å². The molecule has 1 aromatic carbocycles. The van der Waals surface area contributed by atoms with Crippen LogP contribution in [-0.4, -0.2) is 46.9 Å². The number of H-pyrrole nitrogens is 1. The first-order chi connectivity index (χ1) is 13.9. The van der Waals surface area contributed by atoms with Crippen molar-refractivity contribution in [3.63, 3.8) is 0 Å². The molecule has 3 heterocycles. The fourth-order valence-electron chi connectivity index (χ4n) is 4.88. The van der Waals surface area contributed by atoms with E-state index in [9.17, 15) is 9.59 Å². The molecule has 0 radical (unpaired) electrons. The van der Waals surface area contributed by atoms with Crippen molar-refractivity contribution in [1.29, 1.82) is 0 Å². The number of amides is 1. The van der Waals surface area contributed by atoms with Gasteiger partial charge in [0, 0.05) is 43.9 Å². The molecule has 2 aliphatic rings. The lowest BCUT2D eigenvalue weighted by molar-refractivity contribution is 0.0675. The highest BCUT2D eigenvalue weighted by Crippen LogP contribution is 2.39. The van der Waals surface area contributed by atoms with Gasteiger partial charge in [0.2, 0.25) is 5.56 Å². The van der Waals surface area contributed by atoms with Crippen molar-refractivity contribution in [2.24, 2.45) is 5.41 Å². The van der Waals surface area contributed by atoms with Gasteiger partial charge in [-0.15, -0.1) is 0 Å². The third kappa shape index (κ3) is 4.45. The molecule has 4 rings (SSSR count). The Kier molecular flexibility index (Phi) is 5.59. The van der Waals surface area contributed by atoms with Gasteiger partial charge in [-0.1, -0.05) is 38.1 Å². The standard InChI is InChI=1S/C24H31N3O2/c1-18(2)20-6-4-19(5-7-20)15-26-12-3-10-24(16-26)11-13-27(17-24)23(29)21-8-9-22(28)25-14-21/h4-9,14,18H,3,10-13,15-17H2,1-2H3,(H,25,28)/t24-/m0/s1. The quantitative estimate of drug-likeness (QED) is 0.863. The monoisotopic (exact) mass is 393 g/mol. The predicted molar refractivity (Wildman–Crippen MR) is 115 cm³/mol. The number of carbonyl (C=O) groups excluding carboxylic acids is 1. The van der Waals surface area contributed by atoms with E-state index in [-0.39, 0.29) is 16.9 Å². The lowest BCUT2D eigenvalue weighted by Gasteiger charge is -2.40. The number of nitrogens with one attached hydrogen (secondary N) is 1. The summed E-state index contributed by atoms with van der Waals surface area (Å²) in [5.74, 6) is 0.589. The lowest BCUT2D eigenvalue weighted by atomic mass is 9.79. The van der Waals surface area contributed by atoms with Crippen LogP contribution in [0.5, 0.6) is 0 Å². The van der Waals surface area contributed by atoms with Crippen LogP contribution in [0.4, 0.5) is 0 Å². The summed E-state index contributed by atoms with van der Waals surface area (Å²) < 4.78 is 0. The van der Waals surface area contributed by atoms with Crippen LogP contribution in [0.2, 0.25) is 0 Å². The summed E-state index contributed by atoms with van der Waals surface area (Å²) in [6.45, 7) is 9.22. The van der Waals surface area contributed by atoms with Crippen molar-refractivity contribution < 1.29 is 4.79 Å². The van der Waals surface area contributed by atoms with E-state index in [4.69, 9.17) is 0 Å². The van der Waals surface area contributed by atoms with Gasteiger partial charge >= 0.3 is 0 Å². The Labute approximate surface area is 172 Å². The molecular weight excluding hydrogens is 362 g/mol. The van der Waals surface area contributed by atoms with Crippen LogP contribution in [-0.2, 0) is 6.54 Å². The van der Waals surface area contributed by atoms with Crippen LogP contribution in [0.1, 0.15) is 60.5 Å². The first-order valence-electron chi connectivity index (χ1n) is 10.7. The summed E-state index contributed by atoms with van der Waals surface area (Å²) in [6, 6.07) is 12.1. The number of nitrogens with zero attached hydrogens (tertiary/aromatic N) is 2. The van der Waals surface area contributed by atoms with Crippen molar-refractivity contribution in [3.05, 3.63) is 69.6 Å². The lowest BCUT2D eigenvalue weighted by Crippen LogP contribution is -2.45. The van der Waals surface area contributed by atoms with Gasteiger partial charge in [-0.3, -0.25) is 14.5 Å². The molecule has 1 aromatic heterocycles. The third-order valence-electron chi connectivity index (χ3n) is 6.55. The van der Waals surface area contributed by atoms with Crippen molar-refractivity contribution >= 4 is 5.91 Å². The number of aromatic amines is 1. The largest absolute Gasteiger partial charge is 0.338 e. The Morgan fingerprint density at radius 3 is 2.55 bits per heavy atom. The van der Waals surface area contributed by atoms with Crippen LogP contribution in [0.15, 0.2) is 47.4 Å². The number of piperidine rings is 1. The highest BCUT2D eigenvalue weighted by Gasteiger charge is 2.42. The number of likely N-dealkylation sites (tertiary alicyclic amines) is 2. The predicted octanol–water partition coefficient (Wildman–Crippen LogP) is 3.63. The summed E-state index contributed by atoms with van der Waals surface area (Å²) in [4.78, 5) is 31.2. The van der Waals surface area contributed by atoms with Gasteiger partial charge in [-0.05, 0) is 48.9 Å². The number of pyridine rings is 1. The van der Waals surface area contributed by atoms with Crippen LogP contribution < -0.4 is 5.56 Å². The van der Waals surface area contributed by atoms with Gasteiger partial charge in [0.25, 0.3) is 5.91 Å². The van der Waals surface area contributed by atoms with E-state index in [2.05, 4.69) is 48.0 Å². The zero-order chi connectivity index (χ0) is 20.4. The molecule has 2 saturated heterocycles. The van der Waals surface area contributed by atoms with E-state index < -0.39 is 0 Å². The molecule has 2 aliphatic heterocycles. The fourth-order valence-corrected chi connectivity index (χ4v) is 4.88. The summed E-state index contributed by atoms with van der Waals surface area (Å²) in [5.41, 5.74) is 3.35. The molecular formula is C24H31N3O2. The Morgan fingerprint density at radius 1 is 1.07 bits per heavy atom. The number of hydrogen-bond acceptors (Lipinski definition) is 3. The molecule has 1 spiro atoms. The van der Waals surface area contributed by atoms with E-state index in [1.54, 1.807) is 6.07 Å². The van der Waals surface area contributed by atoms with Crippen LogP contribution in [0, 0.1) is 5.41 Å². The average Bonchev–Trinajstić information content (AvgIpc) is 3.11. The van der Waals surface area contributed by atoms with Crippen LogP contribution >= 0.6 is 0 Å². The number of hydrogen-bond donors (Lipinski definition) is 1. The van der Waals surface area contributed by atoms with Crippen LogP contribution in [0.3, 0.4) is 0 Å². The minimum absolute atomic E-state index is 0.0273. The van der Waals surface area contributed by atoms with E-state index in [1.807, 2.05) is 4.90 Å². The van der Waals surface area contributed by atoms with Crippen molar-refractivity contribution in [3.8, 4) is 0 Å². The van der Waals surface area contributed by atoms with Crippen LogP contribution in [0.25, 0.3) is 0 Å². The second kappa shape index (κ2) is 8.15. The van der Waals surface area contributed by atoms with E-state index in [1.165, 1.54) is 36.2 Å². The maximum atomic E-state index is 12.8. The van der Waals surface area contributed by atoms with Gasteiger partial charge in [0.1, 0.15) is 0 Å². The maximum absolute atomic E-state index is 12.8. The Balaban J connectivity index is 1.39. The molecule has 1 N–H and O–H groups in total. The minimum atomic E-state index is -0.177. The molecule has 1 amide bonds. The number of carbonyl (C=O) groups is 1. The topological polar surface area (TPSA) is 56.4 Å². The Bertz CT molecular complexity index is 898. The van der Waals surface area contributed by atoms with Crippen molar-refractivity contribution in [2.45, 2.75) is 45.6 Å². The Hall–Kier alpha value is -2.40. The summed E-state index contributed by atoms with van der Waals surface area (Å²) in [5, 5.41) is 0. The maximum Gasteiger partial charge on any atom is 0.255 e. The van der Waals surface area contributed by atoms with Crippen molar-refractivity contribution in [1.82, 2.24) is 14.8 Å². The van der Waals surface area contributed by atoms with Gasteiger partial charge in [0.05, 0.1) is 5.56 Å². The second-order valence-electron chi connectivity index (χ2n) is 9.13. The molecule has 0 aliphatic carbocycles. The SMILES string of the molecule is CC(C)c1ccc(CN2CCC[C@]3(CCN(C(=O)c4ccc(=O)[nH]c4)C3)C2)cc1.